The number of unbranched alkanes of at least 4 members (excludes halogenated alkanes) is 2. The Balaban J connectivity index is 2.28. The predicted molar refractivity (Wildman–Crippen MR) is 83.2 cm³/mol. The summed E-state index contributed by atoms with van der Waals surface area (Å²) in [6, 6.07) is 1.28. The smallest absolute Gasteiger partial charge is 0.333 e. The zero-order chi connectivity index (χ0) is 14.3. The molecule has 1 aromatic rings. The van der Waals surface area contributed by atoms with Gasteiger partial charge in [0.2, 0.25) is 0 Å². The van der Waals surface area contributed by atoms with Gasteiger partial charge in [-0.3, -0.25) is 10.2 Å². The van der Waals surface area contributed by atoms with Crippen molar-refractivity contribution in [3.63, 3.8) is 0 Å². The molecule has 5 nitrogen and oxygen atoms in total. The molecular formula is C11H15Br2N3O2S. The third kappa shape index (κ3) is 5.92. The monoisotopic (exact) mass is 411 g/mol. The van der Waals surface area contributed by atoms with Crippen LogP contribution in [-0.2, 0) is 0 Å². The molecular weight excluding hydrogens is 398 g/mol. The minimum atomic E-state index is -0.404. The Morgan fingerprint density at radius 3 is 2.58 bits per heavy atom. The molecule has 0 aromatic carbocycles. The summed E-state index contributed by atoms with van der Waals surface area (Å²) in [5.41, 5.74) is 4.66. The second kappa shape index (κ2) is 8.55. The molecule has 3 N–H and O–H groups in total. The number of hydrogen-bond donors (Lipinski definition) is 3. The van der Waals surface area contributed by atoms with Crippen molar-refractivity contribution < 1.29 is 9.59 Å². The van der Waals surface area contributed by atoms with Gasteiger partial charge in [0.05, 0.1) is 8.66 Å². The summed E-state index contributed by atoms with van der Waals surface area (Å²) in [5.74, 6) is -0.347. The lowest BCUT2D eigenvalue weighted by Crippen LogP contribution is -2.46. The van der Waals surface area contributed by atoms with Crippen molar-refractivity contribution in [2.45, 2.75) is 26.2 Å². The Hall–Kier alpha value is -0.600. The SMILES string of the molecule is CCCCCNC(=O)NNC(=O)c1cc(Br)c(Br)s1. The number of carbonyl (C=O) groups is 2. The number of carbonyl (C=O) groups excluding carboxylic acids is 2. The molecule has 0 aliphatic carbocycles. The number of halogens is 2. The molecule has 0 bridgehead atoms. The summed E-state index contributed by atoms with van der Waals surface area (Å²) >= 11 is 7.89. The fourth-order valence-electron chi connectivity index (χ4n) is 1.25. The molecule has 0 unspecified atom stereocenters. The fourth-order valence-corrected chi connectivity index (χ4v) is 3.19. The van der Waals surface area contributed by atoms with Crippen molar-refractivity contribution in [3.8, 4) is 0 Å². The molecule has 8 heteroatoms. The van der Waals surface area contributed by atoms with Crippen LogP contribution in [0.4, 0.5) is 4.79 Å². The molecule has 0 aliphatic rings. The van der Waals surface area contributed by atoms with E-state index in [1.54, 1.807) is 6.07 Å². The van der Waals surface area contributed by atoms with Gasteiger partial charge in [-0.2, -0.15) is 0 Å². The van der Waals surface area contributed by atoms with Crippen LogP contribution in [0.2, 0.25) is 0 Å². The Bertz CT molecular complexity index is 432. The van der Waals surface area contributed by atoms with Gasteiger partial charge in [0.15, 0.2) is 0 Å². The average molecular weight is 413 g/mol. The summed E-state index contributed by atoms with van der Waals surface area (Å²) in [6.07, 6.45) is 3.11. The zero-order valence-electron chi connectivity index (χ0n) is 10.4. The molecule has 0 atom stereocenters. The highest BCUT2D eigenvalue weighted by molar-refractivity contribution is 9.13. The number of hydrazine groups is 1. The number of rotatable bonds is 5. The molecule has 106 valence electrons. The Kier molecular flexibility index (Phi) is 7.40. The lowest BCUT2D eigenvalue weighted by Gasteiger charge is -2.07. The van der Waals surface area contributed by atoms with Crippen molar-refractivity contribution in [2.75, 3.05) is 6.54 Å². The molecule has 0 spiro atoms. The Morgan fingerprint density at radius 1 is 1.26 bits per heavy atom. The maximum atomic E-state index is 11.7. The maximum absolute atomic E-state index is 11.7. The van der Waals surface area contributed by atoms with Crippen LogP contribution in [-0.4, -0.2) is 18.5 Å². The van der Waals surface area contributed by atoms with E-state index in [4.69, 9.17) is 0 Å². The number of amides is 3. The van der Waals surface area contributed by atoms with Gasteiger partial charge in [-0.15, -0.1) is 11.3 Å². The first-order valence-corrected chi connectivity index (χ1v) is 8.23. The van der Waals surface area contributed by atoms with Crippen molar-refractivity contribution in [2.24, 2.45) is 0 Å². The van der Waals surface area contributed by atoms with Gasteiger partial charge >= 0.3 is 6.03 Å². The van der Waals surface area contributed by atoms with E-state index in [9.17, 15) is 9.59 Å². The molecule has 0 saturated carbocycles. The van der Waals surface area contributed by atoms with Crippen molar-refractivity contribution >= 4 is 55.1 Å². The summed E-state index contributed by atoms with van der Waals surface area (Å²) in [6.45, 7) is 2.70. The number of thiophene rings is 1. The largest absolute Gasteiger partial charge is 0.337 e. The van der Waals surface area contributed by atoms with Crippen molar-refractivity contribution in [1.82, 2.24) is 16.2 Å². The highest BCUT2D eigenvalue weighted by atomic mass is 79.9. The van der Waals surface area contributed by atoms with E-state index in [2.05, 4.69) is 55.0 Å². The lowest BCUT2D eigenvalue weighted by atomic mass is 10.2. The number of nitrogens with one attached hydrogen (secondary N) is 3. The fraction of sp³-hybridized carbons (Fsp3) is 0.455. The van der Waals surface area contributed by atoms with E-state index in [1.165, 1.54) is 11.3 Å². The molecule has 1 aromatic heterocycles. The van der Waals surface area contributed by atoms with E-state index < -0.39 is 6.03 Å². The van der Waals surface area contributed by atoms with Gasteiger partial charge in [-0.1, -0.05) is 19.8 Å². The van der Waals surface area contributed by atoms with Gasteiger partial charge < -0.3 is 5.32 Å². The summed E-state index contributed by atoms with van der Waals surface area (Å²) in [4.78, 5) is 23.6. The normalized spacial score (nSPS) is 10.1. The van der Waals surface area contributed by atoms with Gasteiger partial charge in [-0.25, -0.2) is 10.2 Å². The number of hydrogen-bond acceptors (Lipinski definition) is 3. The molecule has 1 rings (SSSR count). The predicted octanol–water partition coefficient (Wildman–Crippen LogP) is 3.41. The molecule has 3 amide bonds. The molecule has 0 fully saturated rings. The first-order chi connectivity index (χ1) is 9.04. The van der Waals surface area contributed by atoms with Crippen LogP contribution in [0.5, 0.6) is 0 Å². The van der Waals surface area contributed by atoms with E-state index in [0.29, 0.717) is 11.4 Å². The zero-order valence-corrected chi connectivity index (χ0v) is 14.4. The van der Waals surface area contributed by atoms with Crippen LogP contribution in [0, 0.1) is 0 Å². The van der Waals surface area contributed by atoms with Crippen LogP contribution in [0.25, 0.3) is 0 Å². The first-order valence-electron chi connectivity index (χ1n) is 5.83. The van der Waals surface area contributed by atoms with Gasteiger partial charge in [-0.05, 0) is 44.3 Å². The molecule has 0 aliphatic heterocycles. The van der Waals surface area contributed by atoms with Crippen LogP contribution in [0.1, 0.15) is 35.9 Å². The van der Waals surface area contributed by atoms with Gasteiger partial charge in [0, 0.05) is 11.0 Å². The average Bonchev–Trinajstić information content (AvgIpc) is 2.72. The minimum absolute atomic E-state index is 0.347. The minimum Gasteiger partial charge on any atom is -0.337 e. The molecule has 1 heterocycles. The molecule has 0 radical (unpaired) electrons. The van der Waals surface area contributed by atoms with Crippen LogP contribution in [0.3, 0.4) is 0 Å². The van der Waals surface area contributed by atoms with Crippen LogP contribution >= 0.6 is 43.2 Å². The van der Waals surface area contributed by atoms with Crippen molar-refractivity contribution in [1.29, 1.82) is 0 Å². The molecule has 0 saturated heterocycles. The quantitative estimate of drug-likeness (QED) is 0.512. The van der Waals surface area contributed by atoms with Crippen LogP contribution in [0.15, 0.2) is 14.3 Å². The second-order valence-electron chi connectivity index (χ2n) is 3.77. The van der Waals surface area contributed by atoms with E-state index >= 15 is 0 Å². The second-order valence-corrected chi connectivity index (χ2v) is 7.00. The Morgan fingerprint density at radius 2 is 2.00 bits per heavy atom. The third-order valence-electron chi connectivity index (χ3n) is 2.22. The summed E-state index contributed by atoms with van der Waals surface area (Å²) in [7, 11) is 0. The maximum Gasteiger partial charge on any atom is 0.333 e. The lowest BCUT2D eigenvalue weighted by molar-refractivity contribution is 0.0940. The highest BCUT2D eigenvalue weighted by Crippen LogP contribution is 2.32. The summed E-state index contributed by atoms with van der Waals surface area (Å²) in [5, 5.41) is 2.66. The third-order valence-corrected chi connectivity index (χ3v) is 5.48. The highest BCUT2D eigenvalue weighted by Gasteiger charge is 2.12. The van der Waals surface area contributed by atoms with Gasteiger partial charge in [0.25, 0.3) is 5.91 Å². The standard InChI is InChI=1S/C11H15Br2N3O2S/c1-2-3-4-5-14-11(18)16-15-10(17)8-6-7(12)9(13)19-8/h6H,2-5H2,1H3,(H,15,17)(H2,14,16,18). The Labute approximate surface area is 132 Å². The topological polar surface area (TPSA) is 70.2 Å². The number of urea groups is 1. The first kappa shape index (κ1) is 16.5. The van der Waals surface area contributed by atoms with Crippen molar-refractivity contribution in [3.05, 3.63) is 19.2 Å². The van der Waals surface area contributed by atoms with E-state index in [-0.39, 0.29) is 5.91 Å². The van der Waals surface area contributed by atoms with Crippen LogP contribution < -0.4 is 16.2 Å². The van der Waals surface area contributed by atoms with Gasteiger partial charge in [0.1, 0.15) is 0 Å². The van der Waals surface area contributed by atoms with E-state index in [0.717, 1.165) is 27.5 Å². The summed E-state index contributed by atoms with van der Waals surface area (Å²) < 4.78 is 1.65. The van der Waals surface area contributed by atoms with E-state index in [1.807, 2.05) is 0 Å². The molecule has 19 heavy (non-hydrogen) atoms.